The van der Waals surface area contributed by atoms with Gasteiger partial charge < -0.3 is 5.32 Å². The molecule has 120 valence electrons. The zero-order valence-electron chi connectivity index (χ0n) is 12.9. The number of aromatic nitrogens is 4. The van der Waals surface area contributed by atoms with Crippen molar-refractivity contribution in [3.63, 3.8) is 0 Å². The molecule has 4 aromatic rings. The fourth-order valence-corrected chi connectivity index (χ4v) is 3.02. The molecule has 2 aromatic heterocycles. The fourth-order valence-electron chi connectivity index (χ4n) is 2.76. The summed E-state index contributed by atoms with van der Waals surface area (Å²) in [4.78, 5) is 12.4. The second kappa shape index (κ2) is 5.76. The number of nitrogens with one attached hydrogen (secondary N) is 1. The second-order valence-corrected chi connectivity index (χ2v) is 6.41. The van der Waals surface area contributed by atoms with E-state index >= 15 is 0 Å². The van der Waals surface area contributed by atoms with Gasteiger partial charge in [0.25, 0.3) is 5.56 Å². The van der Waals surface area contributed by atoms with Crippen molar-refractivity contribution in [2.24, 2.45) is 7.05 Å². The molecule has 4 rings (SSSR count). The number of hydrogen-bond donors (Lipinski definition) is 1. The van der Waals surface area contributed by atoms with Gasteiger partial charge in [0.1, 0.15) is 0 Å². The molecule has 0 aliphatic rings. The number of benzene rings is 2. The highest BCUT2D eigenvalue weighted by atomic mass is 79.9. The highest BCUT2D eigenvalue weighted by Crippen LogP contribution is 2.17. The zero-order chi connectivity index (χ0) is 16.7. The van der Waals surface area contributed by atoms with Crippen molar-refractivity contribution >= 4 is 38.3 Å². The van der Waals surface area contributed by atoms with Gasteiger partial charge in [0, 0.05) is 17.2 Å². The maximum Gasteiger partial charge on any atom is 0.262 e. The van der Waals surface area contributed by atoms with E-state index < -0.39 is 0 Å². The summed E-state index contributed by atoms with van der Waals surface area (Å²) in [6.45, 7) is 0.505. The van der Waals surface area contributed by atoms with Crippen molar-refractivity contribution in [2.45, 2.75) is 6.54 Å². The Kier molecular flexibility index (Phi) is 3.57. The predicted octanol–water partition coefficient (Wildman–Crippen LogP) is 2.96. The smallest absolute Gasteiger partial charge is 0.262 e. The van der Waals surface area contributed by atoms with E-state index in [2.05, 4.69) is 31.4 Å². The Bertz CT molecular complexity index is 1100. The van der Waals surface area contributed by atoms with Crippen LogP contribution < -0.4 is 10.9 Å². The number of hydrogen-bond acceptors (Lipinski definition) is 4. The number of rotatable bonds is 3. The quantitative estimate of drug-likeness (QED) is 0.590. The molecule has 0 bridgehead atoms. The molecule has 7 heteroatoms. The molecule has 6 nitrogen and oxygen atoms in total. The van der Waals surface area contributed by atoms with Crippen molar-refractivity contribution in [3.05, 3.63) is 69.2 Å². The number of fused-ring (bicyclic) bond motifs is 3. The van der Waals surface area contributed by atoms with Crippen LogP contribution in [-0.4, -0.2) is 19.2 Å². The number of anilines is 1. The maximum absolute atomic E-state index is 12.4. The van der Waals surface area contributed by atoms with E-state index in [-0.39, 0.29) is 5.56 Å². The van der Waals surface area contributed by atoms with Crippen LogP contribution in [0.25, 0.3) is 16.7 Å². The first-order valence-electron chi connectivity index (χ1n) is 7.46. The van der Waals surface area contributed by atoms with Crippen LogP contribution in [0.5, 0.6) is 0 Å². The molecular formula is C17H14BrN5O. The average Bonchev–Trinajstić information content (AvgIpc) is 3.03. The Morgan fingerprint density at radius 3 is 2.62 bits per heavy atom. The Morgan fingerprint density at radius 2 is 1.83 bits per heavy atom. The summed E-state index contributed by atoms with van der Waals surface area (Å²) in [6.07, 6.45) is 0. The van der Waals surface area contributed by atoms with E-state index in [1.807, 2.05) is 52.9 Å². The van der Waals surface area contributed by atoms with Crippen molar-refractivity contribution in [2.75, 3.05) is 5.32 Å². The summed E-state index contributed by atoms with van der Waals surface area (Å²) >= 11 is 3.42. The Balaban J connectivity index is 1.82. The number of aryl methyl sites for hydroxylation is 1. The van der Waals surface area contributed by atoms with Gasteiger partial charge in [-0.3, -0.25) is 13.8 Å². The minimum Gasteiger partial charge on any atom is -0.378 e. The van der Waals surface area contributed by atoms with E-state index in [1.165, 1.54) is 4.57 Å². The van der Waals surface area contributed by atoms with E-state index in [1.54, 1.807) is 7.05 Å². The van der Waals surface area contributed by atoms with Crippen molar-refractivity contribution < 1.29 is 0 Å². The first-order chi connectivity index (χ1) is 11.6. The standard InChI is InChI=1S/C17H14BrN5O/c1-22-16(24)13-4-2-3-5-14(13)23-15(20-21-17(22)23)10-19-12-8-6-11(18)7-9-12/h2-9,19H,10H2,1H3. The SMILES string of the molecule is Cn1c(=O)c2ccccc2n2c(CNc3ccc(Br)cc3)nnc12. The first kappa shape index (κ1) is 14.9. The molecule has 0 radical (unpaired) electrons. The number of nitrogens with zero attached hydrogens (tertiary/aromatic N) is 4. The van der Waals surface area contributed by atoms with Crippen molar-refractivity contribution in [1.29, 1.82) is 0 Å². The predicted molar refractivity (Wildman–Crippen MR) is 97.2 cm³/mol. The van der Waals surface area contributed by atoms with Crippen LogP contribution in [0.4, 0.5) is 5.69 Å². The normalized spacial score (nSPS) is 11.2. The highest BCUT2D eigenvalue weighted by Gasteiger charge is 2.14. The van der Waals surface area contributed by atoms with Gasteiger partial charge in [0.2, 0.25) is 5.78 Å². The lowest BCUT2D eigenvalue weighted by Gasteiger charge is -2.09. The Hall–Kier alpha value is -2.67. The number of para-hydroxylation sites is 1. The number of halogens is 1. The Morgan fingerprint density at radius 1 is 1.08 bits per heavy atom. The molecule has 2 heterocycles. The van der Waals surface area contributed by atoms with Crippen LogP contribution in [-0.2, 0) is 13.6 Å². The van der Waals surface area contributed by atoms with Gasteiger partial charge in [-0.1, -0.05) is 28.1 Å². The molecule has 0 unspecified atom stereocenters. The van der Waals surface area contributed by atoms with Crippen molar-refractivity contribution in [3.8, 4) is 0 Å². The fraction of sp³-hybridized carbons (Fsp3) is 0.118. The highest BCUT2D eigenvalue weighted by molar-refractivity contribution is 9.10. The van der Waals surface area contributed by atoms with Crippen LogP contribution in [0.1, 0.15) is 5.82 Å². The second-order valence-electron chi connectivity index (χ2n) is 5.49. The van der Waals surface area contributed by atoms with Gasteiger partial charge >= 0.3 is 0 Å². The van der Waals surface area contributed by atoms with E-state index in [4.69, 9.17) is 0 Å². The molecule has 1 N–H and O–H groups in total. The maximum atomic E-state index is 12.4. The minimum absolute atomic E-state index is 0.0714. The van der Waals surface area contributed by atoms with Gasteiger partial charge in [0.15, 0.2) is 5.82 Å². The molecule has 2 aromatic carbocycles. The molecule has 0 aliphatic carbocycles. The molecule has 0 spiro atoms. The molecule has 0 fully saturated rings. The summed E-state index contributed by atoms with van der Waals surface area (Å²) in [5.74, 6) is 1.28. The van der Waals surface area contributed by atoms with Gasteiger partial charge in [-0.05, 0) is 36.4 Å². The molecule has 0 amide bonds. The van der Waals surface area contributed by atoms with E-state index in [0.29, 0.717) is 17.7 Å². The third kappa shape index (κ3) is 2.37. The molecule has 0 aliphatic heterocycles. The topological polar surface area (TPSA) is 64.2 Å². The molecule has 0 saturated carbocycles. The summed E-state index contributed by atoms with van der Waals surface area (Å²) in [6, 6.07) is 15.4. The summed E-state index contributed by atoms with van der Waals surface area (Å²) in [7, 11) is 1.71. The average molecular weight is 384 g/mol. The minimum atomic E-state index is -0.0714. The van der Waals surface area contributed by atoms with Gasteiger partial charge in [-0.15, -0.1) is 10.2 Å². The lowest BCUT2D eigenvalue weighted by Crippen LogP contribution is -2.20. The monoisotopic (exact) mass is 383 g/mol. The first-order valence-corrected chi connectivity index (χ1v) is 8.25. The van der Waals surface area contributed by atoms with Crippen LogP contribution in [0.3, 0.4) is 0 Å². The summed E-state index contributed by atoms with van der Waals surface area (Å²) < 4.78 is 4.48. The molecule has 24 heavy (non-hydrogen) atoms. The van der Waals surface area contributed by atoms with Crippen LogP contribution >= 0.6 is 15.9 Å². The molecular weight excluding hydrogens is 370 g/mol. The van der Waals surface area contributed by atoms with Gasteiger partial charge in [-0.25, -0.2) is 0 Å². The van der Waals surface area contributed by atoms with Gasteiger partial charge in [-0.2, -0.15) is 0 Å². The third-order valence-electron chi connectivity index (χ3n) is 3.99. The zero-order valence-corrected chi connectivity index (χ0v) is 14.5. The van der Waals surface area contributed by atoms with E-state index in [9.17, 15) is 4.79 Å². The molecule has 0 atom stereocenters. The van der Waals surface area contributed by atoms with E-state index in [0.717, 1.165) is 21.5 Å². The molecule has 0 saturated heterocycles. The van der Waals surface area contributed by atoms with Crippen LogP contribution in [0.15, 0.2) is 57.8 Å². The summed E-state index contributed by atoms with van der Waals surface area (Å²) in [5, 5.41) is 12.4. The summed E-state index contributed by atoms with van der Waals surface area (Å²) in [5.41, 5.74) is 1.73. The third-order valence-corrected chi connectivity index (χ3v) is 4.52. The largest absolute Gasteiger partial charge is 0.378 e. The van der Waals surface area contributed by atoms with Crippen molar-refractivity contribution in [1.82, 2.24) is 19.2 Å². The van der Waals surface area contributed by atoms with Crippen LogP contribution in [0.2, 0.25) is 0 Å². The lowest BCUT2D eigenvalue weighted by atomic mass is 10.2. The lowest BCUT2D eigenvalue weighted by molar-refractivity contribution is 0.855. The van der Waals surface area contributed by atoms with Gasteiger partial charge in [0.05, 0.1) is 17.4 Å². The Labute approximate surface area is 145 Å². The van der Waals surface area contributed by atoms with Crippen LogP contribution in [0, 0.1) is 0 Å².